The van der Waals surface area contributed by atoms with E-state index in [1.165, 1.54) is 11.8 Å². The highest BCUT2D eigenvalue weighted by molar-refractivity contribution is 9.11. The van der Waals surface area contributed by atoms with E-state index < -0.39 is 9.84 Å². The van der Waals surface area contributed by atoms with Gasteiger partial charge < -0.3 is 5.32 Å². The minimum absolute atomic E-state index is 0.184. The average molecular weight is 439 g/mol. The summed E-state index contributed by atoms with van der Waals surface area (Å²) in [5.74, 6) is 0.352. The Labute approximate surface area is 144 Å². The van der Waals surface area contributed by atoms with Crippen molar-refractivity contribution in [3.8, 4) is 0 Å². The van der Waals surface area contributed by atoms with Crippen molar-refractivity contribution < 1.29 is 8.42 Å². The third-order valence-corrected chi connectivity index (χ3v) is 6.85. The van der Waals surface area contributed by atoms with Crippen molar-refractivity contribution in [3.05, 3.63) is 32.7 Å². The topological polar surface area (TPSA) is 46.2 Å². The van der Waals surface area contributed by atoms with Crippen LogP contribution in [0.25, 0.3) is 0 Å². The fraction of sp³-hybridized carbons (Fsp3) is 0.600. The Balaban J connectivity index is 2.24. The second-order valence-electron chi connectivity index (χ2n) is 5.85. The molecule has 1 fully saturated rings. The van der Waals surface area contributed by atoms with Gasteiger partial charge in [-0.25, -0.2) is 8.42 Å². The molecule has 0 saturated heterocycles. The maximum absolute atomic E-state index is 11.9. The van der Waals surface area contributed by atoms with Crippen LogP contribution in [0, 0.1) is 5.92 Å². The minimum atomic E-state index is -2.95. The third kappa shape index (κ3) is 4.53. The van der Waals surface area contributed by atoms with Crippen LogP contribution in [0.3, 0.4) is 0 Å². The first-order chi connectivity index (χ1) is 9.81. The Morgan fingerprint density at radius 3 is 2.33 bits per heavy atom. The molecule has 0 amide bonds. The van der Waals surface area contributed by atoms with Gasteiger partial charge in [0.05, 0.1) is 5.25 Å². The van der Waals surface area contributed by atoms with Gasteiger partial charge in [0.2, 0.25) is 0 Å². The average Bonchev–Trinajstić information content (AvgIpc) is 2.38. The summed E-state index contributed by atoms with van der Waals surface area (Å²) in [6.45, 7) is 0. The Morgan fingerprint density at radius 1 is 1.19 bits per heavy atom. The van der Waals surface area contributed by atoms with Gasteiger partial charge in [-0.05, 0) is 56.0 Å². The highest BCUT2D eigenvalue weighted by Gasteiger charge is 2.33. The summed E-state index contributed by atoms with van der Waals surface area (Å²) < 4.78 is 25.8. The van der Waals surface area contributed by atoms with Crippen LogP contribution in [0.1, 0.15) is 37.3 Å². The molecule has 21 heavy (non-hydrogen) atoms. The standard InChI is InChI=1S/C15H21Br2NO2S/c1-18-15(11-6-12(16)9-13(17)7-11)10-4-3-5-14(8-10)21(2,19)20/h6-7,9-10,14-15,18H,3-5,8H2,1-2H3. The van der Waals surface area contributed by atoms with Crippen molar-refractivity contribution in [2.45, 2.75) is 37.0 Å². The van der Waals surface area contributed by atoms with E-state index in [0.29, 0.717) is 5.92 Å². The van der Waals surface area contributed by atoms with Crippen molar-refractivity contribution >= 4 is 41.7 Å². The maximum atomic E-state index is 11.9. The number of rotatable bonds is 4. The van der Waals surface area contributed by atoms with E-state index in [0.717, 1.165) is 34.6 Å². The zero-order valence-corrected chi connectivity index (χ0v) is 16.3. The van der Waals surface area contributed by atoms with Gasteiger partial charge in [0.15, 0.2) is 0 Å². The van der Waals surface area contributed by atoms with Crippen molar-refractivity contribution in [1.29, 1.82) is 0 Å². The van der Waals surface area contributed by atoms with Crippen molar-refractivity contribution in [3.63, 3.8) is 0 Å². The van der Waals surface area contributed by atoms with Crippen molar-refractivity contribution in [2.24, 2.45) is 5.92 Å². The minimum Gasteiger partial charge on any atom is -0.313 e. The first-order valence-electron chi connectivity index (χ1n) is 7.13. The number of hydrogen-bond acceptors (Lipinski definition) is 3. The summed E-state index contributed by atoms with van der Waals surface area (Å²) in [6.07, 6.45) is 4.96. The predicted octanol–water partition coefficient (Wildman–Crippen LogP) is 4.08. The molecule has 6 heteroatoms. The molecule has 3 atom stereocenters. The molecule has 1 saturated carbocycles. The molecular weight excluding hydrogens is 418 g/mol. The van der Waals surface area contributed by atoms with Crippen LogP contribution >= 0.6 is 31.9 Å². The summed E-state index contributed by atoms with van der Waals surface area (Å²) >= 11 is 7.05. The van der Waals surface area contributed by atoms with Gasteiger partial charge >= 0.3 is 0 Å². The van der Waals surface area contributed by atoms with Crippen LogP contribution in [-0.2, 0) is 9.84 Å². The third-order valence-electron chi connectivity index (χ3n) is 4.30. The molecule has 1 aliphatic carbocycles. The Bertz CT molecular complexity index is 583. The molecule has 0 heterocycles. The second kappa shape index (κ2) is 7.11. The van der Waals surface area contributed by atoms with Gasteiger partial charge in [0, 0.05) is 21.2 Å². The first-order valence-corrected chi connectivity index (χ1v) is 10.7. The van der Waals surface area contributed by atoms with Gasteiger partial charge in [0.25, 0.3) is 0 Å². The Morgan fingerprint density at radius 2 is 1.81 bits per heavy atom. The summed E-state index contributed by atoms with van der Waals surface area (Å²) in [6, 6.07) is 6.41. The zero-order valence-electron chi connectivity index (χ0n) is 12.3. The lowest BCUT2D eigenvalue weighted by molar-refractivity contribution is 0.282. The van der Waals surface area contributed by atoms with E-state index >= 15 is 0 Å². The lowest BCUT2D eigenvalue weighted by Crippen LogP contribution is -2.34. The van der Waals surface area contributed by atoms with Gasteiger partial charge in [-0.3, -0.25) is 0 Å². The van der Waals surface area contributed by atoms with Crippen molar-refractivity contribution in [1.82, 2.24) is 5.32 Å². The molecule has 1 aromatic rings. The van der Waals surface area contributed by atoms with E-state index in [1.807, 2.05) is 13.1 Å². The zero-order chi connectivity index (χ0) is 15.6. The predicted molar refractivity (Wildman–Crippen MR) is 94.2 cm³/mol. The van der Waals surface area contributed by atoms with E-state index in [2.05, 4.69) is 49.3 Å². The number of sulfone groups is 1. The molecular formula is C15H21Br2NO2S. The highest BCUT2D eigenvalue weighted by atomic mass is 79.9. The molecule has 0 aromatic heterocycles. The lowest BCUT2D eigenvalue weighted by atomic mass is 9.81. The van der Waals surface area contributed by atoms with Gasteiger partial charge in [-0.15, -0.1) is 0 Å². The molecule has 1 aliphatic rings. The summed E-state index contributed by atoms with van der Waals surface area (Å²) in [7, 11) is -0.997. The molecule has 1 N–H and O–H groups in total. The SMILES string of the molecule is CNC(c1cc(Br)cc(Br)c1)C1CCCC(S(C)(=O)=O)C1. The fourth-order valence-corrected chi connectivity index (χ4v) is 5.82. The van der Waals surface area contributed by atoms with Crippen LogP contribution in [0.5, 0.6) is 0 Å². The molecule has 2 rings (SSSR count). The normalized spacial score (nSPS) is 24.8. The van der Waals surface area contributed by atoms with Gasteiger partial charge in [-0.1, -0.05) is 38.3 Å². The van der Waals surface area contributed by atoms with Crippen LogP contribution in [0.2, 0.25) is 0 Å². The van der Waals surface area contributed by atoms with E-state index in [1.54, 1.807) is 0 Å². The summed E-state index contributed by atoms with van der Waals surface area (Å²) in [4.78, 5) is 0. The van der Waals surface area contributed by atoms with Crippen molar-refractivity contribution in [2.75, 3.05) is 13.3 Å². The summed E-state index contributed by atoms with van der Waals surface area (Å²) in [5, 5.41) is 3.19. The lowest BCUT2D eigenvalue weighted by Gasteiger charge is -2.34. The molecule has 0 radical (unpaired) electrons. The fourth-order valence-electron chi connectivity index (χ4n) is 3.30. The summed E-state index contributed by atoms with van der Waals surface area (Å²) in [5.41, 5.74) is 1.19. The highest BCUT2D eigenvalue weighted by Crippen LogP contribution is 2.38. The molecule has 3 unspecified atom stereocenters. The molecule has 1 aromatic carbocycles. The maximum Gasteiger partial charge on any atom is 0.150 e. The van der Waals surface area contributed by atoms with E-state index in [9.17, 15) is 8.42 Å². The number of halogens is 2. The van der Waals surface area contributed by atoms with Crippen LogP contribution < -0.4 is 5.32 Å². The molecule has 0 aliphatic heterocycles. The largest absolute Gasteiger partial charge is 0.313 e. The Kier molecular flexibility index (Phi) is 5.91. The second-order valence-corrected chi connectivity index (χ2v) is 10.0. The van der Waals surface area contributed by atoms with Crippen LogP contribution in [0.15, 0.2) is 27.1 Å². The van der Waals surface area contributed by atoms with E-state index in [-0.39, 0.29) is 11.3 Å². The number of nitrogens with one attached hydrogen (secondary N) is 1. The van der Waals surface area contributed by atoms with Crippen LogP contribution in [-0.4, -0.2) is 27.0 Å². The smallest absolute Gasteiger partial charge is 0.150 e. The van der Waals surface area contributed by atoms with Crippen LogP contribution in [0.4, 0.5) is 0 Å². The quantitative estimate of drug-likeness (QED) is 0.770. The Hall–Kier alpha value is 0.0900. The molecule has 118 valence electrons. The first kappa shape index (κ1) is 17.4. The monoisotopic (exact) mass is 437 g/mol. The van der Waals surface area contributed by atoms with Gasteiger partial charge in [-0.2, -0.15) is 0 Å². The number of hydrogen-bond donors (Lipinski definition) is 1. The molecule has 0 spiro atoms. The molecule has 3 nitrogen and oxygen atoms in total. The van der Waals surface area contributed by atoms with E-state index in [4.69, 9.17) is 0 Å². The van der Waals surface area contributed by atoms with Gasteiger partial charge in [0.1, 0.15) is 9.84 Å². The molecule has 0 bridgehead atoms. The number of benzene rings is 1.